The quantitative estimate of drug-likeness (QED) is 0.730. The lowest BCUT2D eigenvalue weighted by Crippen LogP contribution is -2.62. The highest BCUT2D eigenvalue weighted by Crippen LogP contribution is 2.38. The molecule has 0 radical (unpaired) electrons. The van der Waals surface area contributed by atoms with Gasteiger partial charge in [0.25, 0.3) is 0 Å². The molecule has 2 aromatic carbocycles. The first kappa shape index (κ1) is 19.0. The summed E-state index contributed by atoms with van der Waals surface area (Å²) in [5.74, 6) is 0.587. The molecule has 148 valence electrons. The Morgan fingerprint density at radius 2 is 1.71 bits per heavy atom. The Kier molecular flexibility index (Phi) is 5.96. The number of benzene rings is 2. The van der Waals surface area contributed by atoms with Gasteiger partial charge in [0.2, 0.25) is 0 Å². The smallest absolute Gasteiger partial charge is 0.410 e. The monoisotopic (exact) mass is 378 g/mol. The molecule has 3 atom stereocenters. The van der Waals surface area contributed by atoms with E-state index < -0.39 is 0 Å². The van der Waals surface area contributed by atoms with Gasteiger partial charge in [-0.15, -0.1) is 0 Å². The standard InChI is InChI=1S/C24H30N2O2/c1-2-25(16-19-9-5-3-6-10-19)23-15-21-13-14-22(23)26(17-21)24(27)28-18-20-11-7-4-8-12-20/h3-12,21-23H,2,13-18H2,1H3. The van der Waals surface area contributed by atoms with Crippen LogP contribution in [0.5, 0.6) is 0 Å². The predicted octanol–water partition coefficient (Wildman–Crippen LogP) is 4.70. The summed E-state index contributed by atoms with van der Waals surface area (Å²) < 4.78 is 5.67. The zero-order chi connectivity index (χ0) is 19.3. The topological polar surface area (TPSA) is 32.8 Å². The number of carbonyl (C=O) groups excluding carboxylic acids is 1. The van der Waals surface area contributed by atoms with Crippen LogP contribution in [0.15, 0.2) is 60.7 Å². The summed E-state index contributed by atoms with van der Waals surface area (Å²) in [4.78, 5) is 17.4. The fraction of sp³-hybridized carbons (Fsp3) is 0.458. The van der Waals surface area contributed by atoms with Crippen LogP contribution < -0.4 is 0 Å². The van der Waals surface area contributed by atoms with Gasteiger partial charge in [-0.05, 0) is 42.9 Å². The fourth-order valence-electron chi connectivity index (χ4n) is 4.84. The van der Waals surface area contributed by atoms with E-state index in [-0.39, 0.29) is 12.1 Å². The van der Waals surface area contributed by atoms with Gasteiger partial charge in [0.1, 0.15) is 6.61 Å². The number of fused-ring (bicyclic) bond motifs is 3. The van der Waals surface area contributed by atoms with Crippen molar-refractivity contribution < 1.29 is 9.53 Å². The first-order valence-corrected chi connectivity index (χ1v) is 10.5. The molecule has 2 aromatic rings. The van der Waals surface area contributed by atoms with E-state index in [0.717, 1.165) is 31.6 Å². The van der Waals surface area contributed by atoms with Gasteiger partial charge in [-0.25, -0.2) is 4.79 Å². The van der Waals surface area contributed by atoms with Crippen molar-refractivity contribution in [3.8, 4) is 0 Å². The molecule has 2 saturated heterocycles. The number of hydrogen-bond acceptors (Lipinski definition) is 3. The first-order valence-electron chi connectivity index (χ1n) is 10.5. The molecule has 1 amide bonds. The van der Waals surface area contributed by atoms with E-state index in [4.69, 9.17) is 4.74 Å². The molecule has 2 bridgehead atoms. The van der Waals surface area contributed by atoms with Crippen LogP contribution in [0.4, 0.5) is 4.79 Å². The molecule has 0 N–H and O–H groups in total. The van der Waals surface area contributed by atoms with E-state index in [0.29, 0.717) is 18.6 Å². The van der Waals surface area contributed by atoms with E-state index in [1.165, 1.54) is 18.4 Å². The van der Waals surface area contributed by atoms with Crippen molar-refractivity contribution in [3.63, 3.8) is 0 Å². The fourth-order valence-corrected chi connectivity index (χ4v) is 4.84. The summed E-state index contributed by atoms with van der Waals surface area (Å²) in [5.41, 5.74) is 2.37. The van der Waals surface area contributed by atoms with Crippen LogP contribution in [0.25, 0.3) is 0 Å². The zero-order valence-electron chi connectivity index (χ0n) is 16.7. The highest BCUT2D eigenvalue weighted by atomic mass is 16.6. The Balaban J connectivity index is 1.43. The average molecular weight is 379 g/mol. The molecule has 2 heterocycles. The van der Waals surface area contributed by atoms with Gasteiger partial charge in [0, 0.05) is 19.1 Å². The Morgan fingerprint density at radius 1 is 1.04 bits per heavy atom. The normalized spacial score (nSPS) is 23.8. The molecule has 3 aliphatic rings. The van der Waals surface area contributed by atoms with E-state index in [1.54, 1.807) is 0 Å². The summed E-state index contributed by atoms with van der Waals surface area (Å²) in [6.45, 7) is 5.36. The Bertz CT molecular complexity index is 765. The number of likely N-dealkylation sites (N-methyl/N-ethyl adjacent to an activating group) is 1. The summed E-state index contributed by atoms with van der Waals surface area (Å²) in [6.07, 6.45) is 3.35. The predicted molar refractivity (Wildman–Crippen MR) is 111 cm³/mol. The van der Waals surface area contributed by atoms with Crippen molar-refractivity contribution in [2.24, 2.45) is 5.92 Å². The van der Waals surface area contributed by atoms with E-state index in [1.807, 2.05) is 35.2 Å². The average Bonchev–Trinajstić information content (AvgIpc) is 2.77. The highest BCUT2D eigenvalue weighted by Gasteiger charge is 2.45. The highest BCUT2D eigenvalue weighted by molar-refractivity contribution is 5.68. The van der Waals surface area contributed by atoms with Gasteiger partial charge in [0.15, 0.2) is 0 Å². The van der Waals surface area contributed by atoms with Gasteiger partial charge in [0.05, 0.1) is 6.04 Å². The van der Waals surface area contributed by atoms with E-state index >= 15 is 0 Å². The maximum Gasteiger partial charge on any atom is 0.410 e. The molecule has 0 spiro atoms. The van der Waals surface area contributed by atoms with Crippen molar-refractivity contribution in [1.29, 1.82) is 0 Å². The second-order valence-electron chi connectivity index (χ2n) is 8.06. The SMILES string of the molecule is CCN(Cc1ccccc1)C1CC2CCC1N(C(=O)OCc1ccccc1)C2. The Hall–Kier alpha value is -2.33. The Morgan fingerprint density at radius 3 is 2.36 bits per heavy atom. The number of ether oxygens (including phenoxy) is 1. The minimum absolute atomic E-state index is 0.154. The molecule has 4 nitrogen and oxygen atoms in total. The lowest BCUT2D eigenvalue weighted by atomic mass is 9.76. The maximum absolute atomic E-state index is 12.9. The number of rotatable bonds is 6. The van der Waals surface area contributed by atoms with Crippen molar-refractivity contribution in [3.05, 3.63) is 71.8 Å². The zero-order valence-corrected chi connectivity index (χ0v) is 16.7. The number of hydrogen-bond donors (Lipinski definition) is 0. The Labute approximate surface area is 168 Å². The second-order valence-corrected chi connectivity index (χ2v) is 8.06. The minimum Gasteiger partial charge on any atom is -0.445 e. The summed E-state index contributed by atoms with van der Waals surface area (Å²) >= 11 is 0. The van der Waals surface area contributed by atoms with E-state index in [9.17, 15) is 4.79 Å². The third-order valence-corrected chi connectivity index (χ3v) is 6.29. The van der Waals surface area contributed by atoms with Crippen LogP contribution in [0.2, 0.25) is 0 Å². The number of piperidine rings is 2. The molecule has 1 saturated carbocycles. The lowest BCUT2D eigenvalue weighted by Gasteiger charge is -2.52. The first-order chi connectivity index (χ1) is 13.7. The number of nitrogens with zero attached hydrogens (tertiary/aromatic N) is 2. The van der Waals surface area contributed by atoms with Crippen LogP contribution in [-0.2, 0) is 17.9 Å². The molecule has 5 rings (SSSR count). The molecular formula is C24H30N2O2. The van der Waals surface area contributed by atoms with Crippen LogP contribution in [0.3, 0.4) is 0 Å². The van der Waals surface area contributed by atoms with Crippen molar-refractivity contribution >= 4 is 6.09 Å². The molecule has 2 aliphatic heterocycles. The molecule has 4 heteroatoms. The summed E-state index contributed by atoms with van der Waals surface area (Å²) in [7, 11) is 0. The number of carbonyl (C=O) groups is 1. The third-order valence-electron chi connectivity index (χ3n) is 6.29. The van der Waals surface area contributed by atoms with Crippen LogP contribution in [-0.4, -0.2) is 41.1 Å². The van der Waals surface area contributed by atoms with Gasteiger partial charge in [-0.3, -0.25) is 4.90 Å². The van der Waals surface area contributed by atoms with Gasteiger partial charge >= 0.3 is 6.09 Å². The molecule has 0 aromatic heterocycles. The molecule has 3 fully saturated rings. The van der Waals surface area contributed by atoms with E-state index in [2.05, 4.69) is 42.2 Å². The number of amides is 1. The van der Waals surface area contributed by atoms with Crippen LogP contribution in [0.1, 0.15) is 37.3 Å². The van der Waals surface area contributed by atoms with Crippen molar-refractivity contribution in [2.75, 3.05) is 13.1 Å². The van der Waals surface area contributed by atoms with Crippen LogP contribution >= 0.6 is 0 Å². The van der Waals surface area contributed by atoms with Crippen molar-refractivity contribution in [2.45, 2.75) is 51.4 Å². The molecule has 3 unspecified atom stereocenters. The van der Waals surface area contributed by atoms with Gasteiger partial charge < -0.3 is 9.64 Å². The second kappa shape index (κ2) is 8.78. The molecule has 1 aliphatic carbocycles. The molecule has 28 heavy (non-hydrogen) atoms. The van der Waals surface area contributed by atoms with Crippen molar-refractivity contribution in [1.82, 2.24) is 9.80 Å². The minimum atomic E-state index is -0.154. The summed E-state index contributed by atoms with van der Waals surface area (Å²) in [5, 5.41) is 0. The third kappa shape index (κ3) is 4.22. The largest absolute Gasteiger partial charge is 0.445 e. The van der Waals surface area contributed by atoms with Crippen LogP contribution in [0, 0.1) is 5.92 Å². The maximum atomic E-state index is 12.9. The summed E-state index contributed by atoms with van der Waals surface area (Å²) in [6, 6.07) is 21.2. The lowest BCUT2D eigenvalue weighted by molar-refractivity contribution is -0.0302. The van der Waals surface area contributed by atoms with Gasteiger partial charge in [-0.2, -0.15) is 0 Å². The molecular weight excluding hydrogens is 348 g/mol. The van der Waals surface area contributed by atoms with Gasteiger partial charge in [-0.1, -0.05) is 67.6 Å².